The van der Waals surface area contributed by atoms with E-state index >= 15 is 0 Å². The van der Waals surface area contributed by atoms with Crippen LogP contribution in [0, 0.1) is 0 Å². The van der Waals surface area contributed by atoms with Crippen LogP contribution in [0.25, 0.3) is 0 Å². The average Bonchev–Trinajstić information content (AvgIpc) is 2.37. The van der Waals surface area contributed by atoms with Crippen LogP contribution < -0.4 is 4.90 Å². The van der Waals surface area contributed by atoms with E-state index in [0.29, 0.717) is 6.54 Å². The van der Waals surface area contributed by atoms with Gasteiger partial charge in [-0.2, -0.15) is 0 Å². The quantitative estimate of drug-likeness (QED) is 0.744. The Bertz CT molecular complexity index is 469. The number of hydrogen-bond donors (Lipinski definition) is 0. The van der Waals surface area contributed by atoms with Crippen LogP contribution in [0.2, 0.25) is 0 Å². The second-order valence-electron chi connectivity index (χ2n) is 4.52. The molecule has 6 nitrogen and oxygen atoms in total. The summed E-state index contributed by atoms with van der Waals surface area (Å²) in [5.41, 5.74) is 0. The van der Waals surface area contributed by atoms with Crippen molar-refractivity contribution >= 4 is 15.7 Å². The summed E-state index contributed by atoms with van der Waals surface area (Å²) in [5, 5.41) is 0. The van der Waals surface area contributed by atoms with Crippen molar-refractivity contribution in [3.8, 4) is 0 Å². The van der Waals surface area contributed by atoms with Crippen LogP contribution in [0.5, 0.6) is 0 Å². The minimum Gasteiger partial charge on any atom is -0.353 e. The summed E-state index contributed by atoms with van der Waals surface area (Å²) >= 11 is 0. The van der Waals surface area contributed by atoms with E-state index in [1.165, 1.54) is 6.26 Å². The number of aromatic nitrogens is 2. The van der Waals surface area contributed by atoms with Gasteiger partial charge in [-0.05, 0) is 0 Å². The Morgan fingerprint density at radius 2 is 1.94 bits per heavy atom. The standard InChI is InChI=1S/C11H18N4O2S/c1-18(16,17)9-8-14-4-6-15(7-5-14)11-10-12-2-3-13-11/h2-3,10H,4-9H2,1H3. The molecule has 100 valence electrons. The van der Waals surface area contributed by atoms with Gasteiger partial charge in [-0.1, -0.05) is 0 Å². The molecular formula is C11H18N4O2S. The van der Waals surface area contributed by atoms with Gasteiger partial charge >= 0.3 is 0 Å². The summed E-state index contributed by atoms with van der Waals surface area (Å²) in [6.07, 6.45) is 6.38. The molecule has 1 fully saturated rings. The van der Waals surface area contributed by atoms with Gasteiger partial charge in [-0.15, -0.1) is 0 Å². The van der Waals surface area contributed by atoms with E-state index in [1.54, 1.807) is 18.6 Å². The zero-order chi connectivity index (χ0) is 13.0. The van der Waals surface area contributed by atoms with Crippen molar-refractivity contribution in [1.29, 1.82) is 0 Å². The fourth-order valence-corrected chi connectivity index (χ4v) is 2.54. The molecule has 1 aliphatic rings. The molecule has 1 aromatic rings. The molecule has 7 heteroatoms. The number of sulfone groups is 1. The average molecular weight is 270 g/mol. The highest BCUT2D eigenvalue weighted by molar-refractivity contribution is 7.90. The van der Waals surface area contributed by atoms with Crippen LogP contribution in [0.3, 0.4) is 0 Å². The molecule has 2 rings (SSSR count). The molecule has 0 aliphatic carbocycles. The van der Waals surface area contributed by atoms with E-state index in [0.717, 1.165) is 32.0 Å². The molecule has 0 saturated carbocycles. The molecule has 0 N–H and O–H groups in total. The molecule has 0 radical (unpaired) electrons. The third-order valence-corrected chi connectivity index (χ3v) is 3.95. The Labute approximate surface area is 108 Å². The first-order chi connectivity index (χ1) is 8.54. The van der Waals surface area contributed by atoms with E-state index in [4.69, 9.17) is 0 Å². The first-order valence-corrected chi connectivity index (χ1v) is 8.02. The van der Waals surface area contributed by atoms with E-state index in [2.05, 4.69) is 19.8 Å². The van der Waals surface area contributed by atoms with Gasteiger partial charge in [0, 0.05) is 51.4 Å². The topological polar surface area (TPSA) is 66.4 Å². The predicted octanol–water partition coefficient (Wildman–Crippen LogP) is -0.357. The van der Waals surface area contributed by atoms with Crippen molar-refractivity contribution in [3.63, 3.8) is 0 Å². The maximum Gasteiger partial charge on any atom is 0.148 e. The van der Waals surface area contributed by atoms with E-state index in [-0.39, 0.29) is 5.75 Å². The second kappa shape index (κ2) is 5.62. The van der Waals surface area contributed by atoms with Gasteiger partial charge in [0.15, 0.2) is 0 Å². The summed E-state index contributed by atoms with van der Waals surface area (Å²) in [5.74, 6) is 1.12. The first-order valence-electron chi connectivity index (χ1n) is 5.96. The zero-order valence-electron chi connectivity index (χ0n) is 10.5. The number of rotatable bonds is 4. The SMILES string of the molecule is CS(=O)(=O)CCN1CCN(c2cnccn2)CC1. The van der Waals surface area contributed by atoms with Crippen molar-refractivity contribution < 1.29 is 8.42 Å². The van der Waals surface area contributed by atoms with E-state index in [1.807, 2.05) is 0 Å². The van der Waals surface area contributed by atoms with Gasteiger partial charge in [-0.3, -0.25) is 9.88 Å². The molecule has 0 bridgehead atoms. The highest BCUT2D eigenvalue weighted by Gasteiger charge is 2.18. The van der Waals surface area contributed by atoms with Crippen molar-refractivity contribution in [1.82, 2.24) is 14.9 Å². The fourth-order valence-electron chi connectivity index (χ4n) is 1.95. The number of anilines is 1. The van der Waals surface area contributed by atoms with Gasteiger partial charge in [0.05, 0.1) is 11.9 Å². The lowest BCUT2D eigenvalue weighted by Crippen LogP contribution is -2.47. The van der Waals surface area contributed by atoms with Gasteiger partial charge in [0.2, 0.25) is 0 Å². The first kappa shape index (κ1) is 13.2. The van der Waals surface area contributed by atoms with Gasteiger partial charge in [0.1, 0.15) is 15.7 Å². The summed E-state index contributed by atoms with van der Waals surface area (Å²) in [6, 6.07) is 0. The lowest BCUT2D eigenvalue weighted by molar-refractivity contribution is 0.271. The highest BCUT2D eigenvalue weighted by atomic mass is 32.2. The normalized spacial score (nSPS) is 17.9. The van der Waals surface area contributed by atoms with Crippen LogP contribution in [0.1, 0.15) is 0 Å². The lowest BCUT2D eigenvalue weighted by Gasteiger charge is -2.34. The minimum absolute atomic E-state index is 0.234. The van der Waals surface area contributed by atoms with E-state index in [9.17, 15) is 8.42 Å². The zero-order valence-corrected chi connectivity index (χ0v) is 11.3. The molecule has 18 heavy (non-hydrogen) atoms. The van der Waals surface area contributed by atoms with Crippen LogP contribution in [-0.4, -0.2) is 68.0 Å². The molecule has 0 amide bonds. The third kappa shape index (κ3) is 3.92. The minimum atomic E-state index is -2.87. The molecule has 1 aromatic heterocycles. The van der Waals surface area contributed by atoms with Crippen LogP contribution >= 0.6 is 0 Å². The van der Waals surface area contributed by atoms with Crippen molar-refractivity contribution in [2.45, 2.75) is 0 Å². The highest BCUT2D eigenvalue weighted by Crippen LogP contribution is 2.11. The largest absolute Gasteiger partial charge is 0.353 e. The van der Waals surface area contributed by atoms with Crippen molar-refractivity contribution in [2.75, 3.05) is 49.6 Å². The third-order valence-electron chi connectivity index (χ3n) is 3.02. The van der Waals surface area contributed by atoms with Gasteiger partial charge in [-0.25, -0.2) is 13.4 Å². The molecule has 1 aliphatic heterocycles. The Hall–Kier alpha value is -1.21. The smallest absolute Gasteiger partial charge is 0.148 e. The summed E-state index contributed by atoms with van der Waals surface area (Å²) in [7, 11) is -2.87. The Morgan fingerprint density at radius 1 is 1.22 bits per heavy atom. The maximum atomic E-state index is 11.1. The van der Waals surface area contributed by atoms with Crippen LogP contribution in [-0.2, 0) is 9.84 Å². The molecule has 0 unspecified atom stereocenters. The lowest BCUT2D eigenvalue weighted by atomic mass is 10.3. The van der Waals surface area contributed by atoms with Gasteiger partial charge < -0.3 is 4.90 Å². The summed E-state index contributed by atoms with van der Waals surface area (Å²) in [6.45, 7) is 4.08. The molecule has 0 spiro atoms. The Balaban J connectivity index is 1.82. The van der Waals surface area contributed by atoms with Crippen molar-refractivity contribution in [2.24, 2.45) is 0 Å². The van der Waals surface area contributed by atoms with Crippen LogP contribution in [0.15, 0.2) is 18.6 Å². The molecule has 0 atom stereocenters. The molecular weight excluding hydrogens is 252 g/mol. The second-order valence-corrected chi connectivity index (χ2v) is 6.78. The monoisotopic (exact) mass is 270 g/mol. The van der Waals surface area contributed by atoms with Crippen molar-refractivity contribution in [3.05, 3.63) is 18.6 Å². The Morgan fingerprint density at radius 3 is 2.50 bits per heavy atom. The predicted molar refractivity (Wildman–Crippen MR) is 70.4 cm³/mol. The number of hydrogen-bond acceptors (Lipinski definition) is 6. The summed E-state index contributed by atoms with van der Waals surface area (Å²) in [4.78, 5) is 12.7. The maximum absolute atomic E-state index is 11.1. The van der Waals surface area contributed by atoms with E-state index < -0.39 is 9.84 Å². The fraction of sp³-hybridized carbons (Fsp3) is 0.636. The number of nitrogens with zero attached hydrogens (tertiary/aromatic N) is 4. The Kier molecular flexibility index (Phi) is 4.13. The van der Waals surface area contributed by atoms with Gasteiger partial charge in [0.25, 0.3) is 0 Å². The summed E-state index contributed by atoms with van der Waals surface area (Å²) < 4.78 is 22.2. The molecule has 2 heterocycles. The molecule has 1 saturated heterocycles. The molecule has 0 aromatic carbocycles. The number of piperazine rings is 1. The van der Waals surface area contributed by atoms with Crippen LogP contribution in [0.4, 0.5) is 5.82 Å².